The first-order valence-corrected chi connectivity index (χ1v) is 9.75. The van der Waals surface area contributed by atoms with Crippen molar-refractivity contribution in [3.05, 3.63) is 53.3 Å². The number of nitrogen functional groups attached to an aromatic ring is 2. The fraction of sp³-hybridized carbons (Fsp3) is 0.182. The summed E-state index contributed by atoms with van der Waals surface area (Å²) in [6, 6.07) is 6.33. The van der Waals surface area contributed by atoms with Gasteiger partial charge >= 0.3 is 0 Å². The van der Waals surface area contributed by atoms with Gasteiger partial charge in [-0.25, -0.2) is 0 Å². The summed E-state index contributed by atoms with van der Waals surface area (Å²) < 4.78 is 10.9. The maximum Gasteiger partial charge on any atom is 0.252 e. The van der Waals surface area contributed by atoms with E-state index in [2.05, 4.69) is 10.6 Å². The van der Waals surface area contributed by atoms with Gasteiger partial charge in [-0.15, -0.1) is 0 Å². The van der Waals surface area contributed by atoms with Crippen LogP contribution in [0.25, 0.3) is 11.0 Å². The van der Waals surface area contributed by atoms with Crippen LogP contribution in [0.15, 0.2) is 40.8 Å². The van der Waals surface area contributed by atoms with Crippen LogP contribution < -0.4 is 38.3 Å². The monoisotopic (exact) mass is 438 g/mol. The molecular formula is C22H26N6O4. The minimum Gasteiger partial charge on any atom is -0.494 e. The number of nitrogens with two attached hydrogens (primary N) is 4. The Labute approximate surface area is 184 Å². The summed E-state index contributed by atoms with van der Waals surface area (Å²) in [7, 11) is 1.48. The number of rotatable bonds is 9. The summed E-state index contributed by atoms with van der Waals surface area (Å²) >= 11 is 0. The van der Waals surface area contributed by atoms with Gasteiger partial charge in [0.25, 0.3) is 5.91 Å². The van der Waals surface area contributed by atoms with E-state index in [1.54, 1.807) is 13.0 Å². The van der Waals surface area contributed by atoms with Crippen LogP contribution in [0.3, 0.4) is 0 Å². The molecule has 1 aromatic heterocycles. The minimum atomic E-state index is -0.605. The number of carbonyl (C=O) groups excluding carboxylic acids is 2. The molecule has 3 aromatic rings. The lowest BCUT2D eigenvalue weighted by Gasteiger charge is -2.14. The molecule has 0 spiro atoms. The van der Waals surface area contributed by atoms with Crippen molar-refractivity contribution in [3.63, 3.8) is 0 Å². The highest BCUT2D eigenvalue weighted by molar-refractivity contribution is 6.10. The average Bonchev–Trinajstić information content (AvgIpc) is 3.12. The minimum absolute atomic E-state index is 0.241. The average molecular weight is 438 g/mol. The van der Waals surface area contributed by atoms with Gasteiger partial charge in [0.15, 0.2) is 0 Å². The van der Waals surface area contributed by atoms with Crippen molar-refractivity contribution in [1.82, 2.24) is 0 Å². The molecule has 0 aliphatic rings. The second-order valence-corrected chi connectivity index (χ2v) is 7.09. The van der Waals surface area contributed by atoms with Gasteiger partial charge in [0, 0.05) is 24.0 Å². The zero-order valence-electron chi connectivity index (χ0n) is 17.8. The second kappa shape index (κ2) is 9.21. The maximum absolute atomic E-state index is 11.7. The lowest BCUT2D eigenvalue weighted by atomic mass is 10.1. The number of anilines is 4. The van der Waals surface area contributed by atoms with Gasteiger partial charge in [-0.3, -0.25) is 9.59 Å². The van der Waals surface area contributed by atoms with Gasteiger partial charge in [-0.1, -0.05) is 12.2 Å². The molecule has 10 N–H and O–H groups in total. The van der Waals surface area contributed by atoms with Crippen LogP contribution >= 0.6 is 0 Å². The van der Waals surface area contributed by atoms with Gasteiger partial charge in [-0.05, 0) is 31.2 Å². The Hall–Kier alpha value is -4.34. The van der Waals surface area contributed by atoms with Crippen LogP contribution in [0.2, 0.25) is 0 Å². The number of amides is 2. The predicted molar refractivity (Wildman–Crippen MR) is 126 cm³/mol. The maximum atomic E-state index is 11.7. The summed E-state index contributed by atoms with van der Waals surface area (Å²) in [4.78, 5) is 23.1. The molecule has 0 fully saturated rings. The standard InChI is InChI=1S/C22H26N6O4/c1-11-7-13-18(16(24)10-14(22(26)30)20(13)32-11)27-5-3-4-6-28-19-15(23)8-12(21(25)29)9-17(19)31-2/h3-4,7-10,27-28H,5-6,23-24H2,1-2H3,(H2,25,29)(H2,26,30). The highest BCUT2D eigenvalue weighted by Gasteiger charge is 2.17. The fourth-order valence-corrected chi connectivity index (χ4v) is 3.35. The number of ether oxygens (including phenoxy) is 1. The Bertz CT molecular complexity index is 1220. The van der Waals surface area contributed by atoms with Crippen molar-refractivity contribution in [2.75, 3.05) is 42.3 Å². The highest BCUT2D eigenvalue weighted by atomic mass is 16.5. The predicted octanol–water partition coefficient (Wildman–Crippen LogP) is 2.19. The van der Waals surface area contributed by atoms with Crippen LogP contribution in [0, 0.1) is 6.92 Å². The zero-order chi connectivity index (χ0) is 23.4. The number of primary amides is 2. The molecule has 0 bridgehead atoms. The zero-order valence-corrected chi connectivity index (χ0v) is 17.8. The topological polar surface area (TPSA) is 185 Å². The molecule has 0 unspecified atom stereocenters. The molecule has 0 saturated heterocycles. The van der Waals surface area contributed by atoms with E-state index in [-0.39, 0.29) is 11.1 Å². The van der Waals surface area contributed by atoms with Crippen molar-refractivity contribution in [3.8, 4) is 5.75 Å². The number of hydrogen-bond donors (Lipinski definition) is 6. The number of nitrogens with one attached hydrogen (secondary N) is 2. The Morgan fingerprint density at radius 1 is 0.969 bits per heavy atom. The molecule has 1 heterocycles. The smallest absolute Gasteiger partial charge is 0.252 e. The van der Waals surface area contributed by atoms with Gasteiger partial charge in [0.2, 0.25) is 5.91 Å². The third-order valence-electron chi connectivity index (χ3n) is 4.82. The van der Waals surface area contributed by atoms with Gasteiger partial charge < -0.3 is 42.7 Å². The lowest BCUT2D eigenvalue weighted by Crippen LogP contribution is -2.13. The van der Waals surface area contributed by atoms with E-state index in [9.17, 15) is 9.59 Å². The summed E-state index contributed by atoms with van der Waals surface area (Å²) in [5.74, 6) is -0.125. The fourth-order valence-electron chi connectivity index (χ4n) is 3.35. The molecule has 32 heavy (non-hydrogen) atoms. The molecule has 3 rings (SSSR count). The van der Waals surface area contributed by atoms with Gasteiger partial charge in [-0.2, -0.15) is 0 Å². The summed E-state index contributed by atoms with van der Waals surface area (Å²) in [6.45, 7) is 2.70. The third kappa shape index (κ3) is 4.53. The van der Waals surface area contributed by atoms with Crippen LogP contribution in [0.1, 0.15) is 26.5 Å². The first-order valence-electron chi connectivity index (χ1n) is 9.75. The van der Waals surface area contributed by atoms with E-state index >= 15 is 0 Å². The number of benzene rings is 2. The molecule has 0 radical (unpaired) electrons. The van der Waals surface area contributed by atoms with Crippen LogP contribution in [0.4, 0.5) is 22.7 Å². The molecular weight excluding hydrogens is 412 g/mol. The van der Waals surface area contributed by atoms with Crippen LogP contribution in [-0.4, -0.2) is 32.0 Å². The van der Waals surface area contributed by atoms with E-state index in [1.807, 2.05) is 12.2 Å². The van der Waals surface area contributed by atoms with E-state index in [0.29, 0.717) is 58.3 Å². The second-order valence-electron chi connectivity index (χ2n) is 7.09. The lowest BCUT2D eigenvalue weighted by molar-refractivity contribution is 0.0992. The molecule has 2 amide bonds. The largest absolute Gasteiger partial charge is 0.494 e. The summed E-state index contributed by atoms with van der Waals surface area (Å²) in [5, 5.41) is 7.08. The highest BCUT2D eigenvalue weighted by Crippen LogP contribution is 2.35. The number of carbonyl (C=O) groups is 2. The number of fused-ring (bicyclic) bond motifs is 1. The molecule has 0 atom stereocenters. The molecule has 0 aliphatic heterocycles. The Morgan fingerprint density at radius 2 is 1.59 bits per heavy atom. The van der Waals surface area contributed by atoms with Crippen LogP contribution in [-0.2, 0) is 0 Å². The number of furan rings is 1. The van der Waals surface area contributed by atoms with Crippen molar-refractivity contribution >= 4 is 45.5 Å². The van der Waals surface area contributed by atoms with E-state index in [1.165, 1.54) is 25.3 Å². The Kier molecular flexibility index (Phi) is 6.43. The SMILES string of the molecule is COc1cc(C(N)=O)cc(N)c1NCC=CCNc1c(N)cc(C(N)=O)c2oc(C)cc12. The van der Waals surface area contributed by atoms with Crippen molar-refractivity contribution < 1.29 is 18.7 Å². The Morgan fingerprint density at radius 3 is 2.19 bits per heavy atom. The number of hydrogen-bond acceptors (Lipinski definition) is 8. The van der Waals surface area contributed by atoms with E-state index in [0.717, 1.165) is 0 Å². The van der Waals surface area contributed by atoms with Gasteiger partial charge in [0.1, 0.15) is 22.8 Å². The molecule has 0 aliphatic carbocycles. The van der Waals surface area contributed by atoms with Crippen molar-refractivity contribution in [2.24, 2.45) is 11.5 Å². The van der Waals surface area contributed by atoms with E-state index < -0.39 is 11.8 Å². The quantitative estimate of drug-likeness (QED) is 0.217. The summed E-state index contributed by atoms with van der Waals surface area (Å²) in [5.41, 5.74) is 25.8. The molecule has 10 heteroatoms. The molecule has 0 saturated carbocycles. The Balaban J connectivity index is 1.67. The molecule has 10 nitrogen and oxygen atoms in total. The first kappa shape index (κ1) is 22.3. The normalized spacial score (nSPS) is 11.1. The number of aryl methyl sites for hydroxylation is 1. The van der Waals surface area contributed by atoms with Gasteiger partial charge in [0.05, 0.1) is 29.7 Å². The summed E-state index contributed by atoms with van der Waals surface area (Å²) in [6.07, 6.45) is 3.79. The number of methoxy groups -OCH3 is 1. The van der Waals surface area contributed by atoms with Crippen molar-refractivity contribution in [1.29, 1.82) is 0 Å². The van der Waals surface area contributed by atoms with Crippen molar-refractivity contribution in [2.45, 2.75) is 6.92 Å². The molecule has 2 aromatic carbocycles. The third-order valence-corrected chi connectivity index (χ3v) is 4.82. The van der Waals surface area contributed by atoms with Crippen LogP contribution in [0.5, 0.6) is 5.75 Å². The van der Waals surface area contributed by atoms with E-state index in [4.69, 9.17) is 32.1 Å². The molecule has 168 valence electrons. The first-order chi connectivity index (χ1) is 15.2.